The minimum atomic E-state index is -4.01. The number of alkyl carbamates (subject to hydrolysis) is 1. The molecule has 3 aromatic rings. The number of amides is 1. The largest absolute Gasteiger partial charge is 0.443 e. The topological polar surface area (TPSA) is 143 Å². The Bertz CT molecular complexity index is 1550. The fourth-order valence-electron chi connectivity index (χ4n) is 5.71. The van der Waals surface area contributed by atoms with E-state index in [0.717, 1.165) is 28.4 Å². The molecular formula is C32H45N5O7S2. The Balaban J connectivity index is 1.33. The zero-order valence-corrected chi connectivity index (χ0v) is 28.4. The normalized spacial score (nSPS) is 21.2. The van der Waals surface area contributed by atoms with Crippen LogP contribution in [0.5, 0.6) is 0 Å². The lowest BCUT2D eigenvalue weighted by Gasteiger charge is -2.31. The van der Waals surface area contributed by atoms with Crippen molar-refractivity contribution in [3.05, 3.63) is 54.1 Å². The monoisotopic (exact) mass is 675 g/mol. The zero-order chi connectivity index (χ0) is 32.8. The maximum absolute atomic E-state index is 14.1. The number of aromatic nitrogens is 1. The summed E-state index contributed by atoms with van der Waals surface area (Å²) in [6.07, 6.45) is -1.73. The molecule has 1 amide bonds. The van der Waals surface area contributed by atoms with Gasteiger partial charge in [0, 0.05) is 26.2 Å². The minimum absolute atomic E-state index is 0.0175. The Labute approximate surface area is 275 Å². The van der Waals surface area contributed by atoms with Gasteiger partial charge < -0.3 is 34.9 Å². The lowest BCUT2D eigenvalue weighted by atomic mass is 10.0. The van der Waals surface area contributed by atoms with E-state index in [1.807, 2.05) is 58.3 Å². The van der Waals surface area contributed by atoms with Crippen LogP contribution in [0.2, 0.25) is 0 Å². The number of thiazole rings is 1. The Morgan fingerprint density at radius 2 is 1.93 bits per heavy atom. The molecule has 5 atom stereocenters. The number of ether oxygens (including phenoxy) is 3. The van der Waals surface area contributed by atoms with Gasteiger partial charge in [-0.25, -0.2) is 18.2 Å². The molecule has 2 aliphatic heterocycles. The molecule has 14 heteroatoms. The number of anilines is 1. The SMILES string of the molecule is CC(C)CN(C[C@@H](O)[C@H](Cc1ccccc1)NC(=O)OC1COC2OCCC12)S(=O)(=O)c1ccc2nc(NCCN(C)C)sc2c1. The molecule has 0 spiro atoms. The molecule has 3 N–H and O–H groups in total. The summed E-state index contributed by atoms with van der Waals surface area (Å²) in [5.41, 5.74) is 1.59. The number of likely N-dealkylation sites (N-methyl/N-ethyl adjacent to an activating group) is 1. The summed E-state index contributed by atoms with van der Waals surface area (Å²) in [7, 11) is -0.0254. The maximum atomic E-state index is 14.1. The molecule has 0 radical (unpaired) electrons. The van der Waals surface area contributed by atoms with Crippen LogP contribution < -0.4 is 10.6 Å². The molecule has 2 fully saturated rings. The van der Waals surface area contributed by atoms with Gasteiger partial charge in [-0.05, 0) is 56.6 Å². The van der Waals surface area contributed by atoms with E-state index in [1.165, 1.54) is 15.6 Å². The van der Waals surface area contributed by atoms with E-state index in [9.17, 15) is 18.3 Å². The van der Waals surface area contributed by atoms with Gasteiger partial charge in [0.1, 0.15) is 6.10 Å². The first kappa shape index (κ1) is 34.5. The van der Waals surface area contributed by atoms with Crippen LogP contribution in [0.1, 0.15) is 25.8 Å². The fourth-order valence-corrected chi connectivity index (χ4v) is 8.37. The number of rotatable bonds is 15. The van der Waals surface area contributed by atoms with Crippen molar-refractivity contribution in [3.8, 4) is 0 Å². The molecule has 252 valence electrons. The highest BCUT2D eigenvalue weighted by molar-refractivity contribution is 7.89. The van der Waals surface area contributed by atoms with Crippen LogP contribution in [-0.2, 0) is 30.7 Å². The number of hydrogen-bond donors (Lipinski definition) is 3. The molecule has 2 aromatic carbocycles. The first-order chi connectivity index (χ1) is 22.0. The molecule has 2 aliphatic rings. The second-order valence-electron chi connectivity index (χ2n) is 12.6. The number of aliphatic hydroxyl groups excluding tert-OH is 1. The van der Waals surface area contributed by atoms with Gasteiger partial charge in [0.25, 0.3) is 0 Å². The van der Waals surface area contributed by atoms with Crippen LogP contribution in [0.15, 0.2) is 53.4 Å². The number of carbonyl (C=O) groups is 1. The van der Waals surface area contributed by atoms with Crippen molar-refractivity contribution >= 4 is 42.8 Å². The predicted octanol–water partition coefficient (Wildman–Crippen LogP) is 3.38. The molecule has 5 rings (SSSR count). The van der Waals surface area contributed by atoms with Crippen molar-refractivity contribution in [2.75, 3.05) is 58.8 Å². The van der Waals surface area contributed by atoms with Crippen molar-refractivity contribution in [2.24, 2.45) is 11.8 Å². The summed E-state index contributed by atoms with van der Waals surface area (Å²) in [4.78, 5) is 19.9. The van der Waals surface area contributed by atoms with Gasteiger partial charge in [-0.2, -0.15) is 4.31 Å². The Kier molecular flexibility index (Phi) is 11.5. The highest BCUT2D eigenvalue weighted by Crippen LogP contribution is 2.33. The Morgan fingerprint density at radius 3 is 2.67 bits per heavy atom. The number of carbonyl (C=O) groups excluding carboxylic acids is 1. The third kappa shape index (κ3) is 8.73. The second-order valence-corrected chi connectivity index (χ2v) is 15.5. The number of sulfonamides is 1. The van der Waals surface area contributed by atoms with Crippen LogP contribution in [0, 0.1) is 11.8 Å². The van der Waals surface area contributed by atoms with Crippen LogP contribution in [0.4, 0.5) is 9.93 Å². The number of hydrogen-bond acceptors (Lipinski definition) is 11. The van der Waals surface area contributed by atoms with Gasteiger partial charge >= 0.3 is 6.09 Å². The van der Waals surface area contributed by atoms with E-state index in [2.05, 4.69) is 20.5 Å². The van der Waals surface area contributed by atoms with Crippen molar-refractivity contribution in [2.45, 2.75) is 56.1 Å². The number of fused-ring (bicyclic) bond motifs is 2. The van der Waals surface area contributed by atoms with Gasteiger partial charge in [-0.15, -0.1) is 0 Å². The molecule has 3 heterocycles. The third-order valence-electron chi connectivity index (χ3n) is 8.10. The minimum Gasteiger partial charge on any atom is -0.443 e. The van der Waals surface area contributed by atoms with E-state index in [-0.39, 0.29) is 49.1 Å². The maximum Gasteiger partial charge on any atom is 0.407 e. The molecule has 1 aromatic heterocycles. The van der Waals surface area contributed by atoms with Gasteiger partial charge in [-0.3, -0.25) is 0 Å². The average Bonchev–Trinajstić information content (AvgIpc) is 3.73. The Hall–Kier alpha value is -2.85. The number of aliphatic hydroxyl groups is 1. The molecular weight excluding hydrogens is 631 g/mol. The summed E-state index contributed by atoms with van der Waals surface area (Å²) >= 11 is 1.40. The highest BCUT2D eigenvalue weighted by Gasteiger charge is 2.44. The quantitative estimate of drug-likeness (QED) is 0.220. The lowest BCUT2D eigenvalue weighted by molar-refractivity contribution is -0.0907. The molecule has 0 aliphatic carbocycles. The van der Waals surface area contributed by atoms with Gasteiger partial charge in [0.05, 0.1) is 46.4 Å². The van der Waals surface area contributed by atoms with E-state index < -0.39 is 34.4 Å². The number of benzene rings is 2. The Morgan fingerprint density at radius 1 is 1.15 bits per heavy atom. The van der Waals surface area contributed by atoms with Crippen molar-refractivity contribution in [3.63, 3.8) is 0 Å². The first-order valence-corrected chi connectivity index (χ1v) is 18.0. The first-order valence-electron chi connectivity index (χ1n) is 15.7. The van der Waals surface area contributed by atoms with Crippen LogP contribution in [-0.4, -0.2) is 112 Å². The lowest BCUT2D eigenvalue weighted by Crippen LogP contribution is -2.51. The second kappa shape index (κ2) is 15.4. The standard InChI is InChI=1S/C32H45N5O7S2/c1-21(2)18-37(46(40,41)23-10-11-25-29(17-23)45-31(34-25)33-13-14-36(3)4)19-27(38)26(16-22-8-6-5-7-9-22)35-32(39)44-28-20-43-30-24(28)12-15-42-30/h5-11,17,21,24,26-28,30,38H,12-16,18-20H2,1-4H3,(H,33,34)(H,35,39)/t24?,26-,27+,28?,30?/m0/s1. The summed E-state index contributed by atoms with van der Waals surface area (Å²) in [5.74, 6) is -0.0493. The molecule has 0 saturated carbocycles. The summed E-state index contributed by atoms with van der Waals surface area (Å²) < 4.78 is 47.1. The van der Waals surface area contributed by atoms with Crippen LogP contribution in [0.25, 0.3) is 10.2 Å². The molecule has 2 saturated heterocycles. The van der Waals surface area contributed by atoms with Crippen molar-refractivity contribution in [1.82, 2.24) is 19.5 Å². The number of nitrogens with zero attached hydrogens (tertiary/aromatic N) is 3. The molecule has 46 heavy (non-hydrogen) atoms. The third-order valence-corrected chi connectivity index (χ3v) is 10.9. The summed E-state index contributed by atoms with van der Waals surface area (Å²) in [6.45, 7) is 6.16. The zero-order valence-electron chi connectivity index (χ0n) is 26.8. The smallest absolute Gasteiger partial charge is 0.407 e. The molecule has 12 nitrogen and oxygen atoms in total. The predicted molar refractivity (Wildman–Crippen MR) is 177 cm³/mol. The summed E-state index contributed by atoms with van der Waals surface area (Å²) in [5, 5.41) is 18.4. The van der Waals surface area contributed by atoms with Crippen molar-refractivity contribution in [1.29, 1.82) is 0 Å². The fraction of sp³-hybridized carbons (Fsp3) is 0.562. The van der Waals surface area contributed by atoms with Crippen LogP contribution in [0.3, 0.4) is 0 Å². The van der Waals surface area contributed by atoms with E-state index >= 15 is 0 Å². The number of nitrogens with one attached hydrogen (secondary N) is 2. The van der Waals surface area contributed by atoms with Gasteiger partial charge in [-0.1, -0.05) is 55.5 Å². The van der Waals surface area contributed by atoms with Crippen molar-refractivity contribution < 1.29 is 32.5 Å². The molecule has 0 bridgehead atoms. The van der Waals surface area contributed by atoms with Crippen LogP contribution >= 0.6 is 11.3 Å². The average molecular weight is 676 g/mol. The summed E-state index contributed by atoms with van der Waals surface area (Å²) in [6, 6.07) is 13.5. The highest BCUT2D eigenvalue weighted by atomic mass is 32.2. The van der Waals surface area contributed by atoms with Gasteiger partial charge in [0.15, 0.2) is 11.4 Å². The molecule has 3 unspecified atom stereocenters. The van der Waals surface area contributed by atoms with E-state index in [0.29, 0.717) is 18.7 Å². The van der Waals surface area contributed by atoms with Gasteiger partial charge in [0.2, 0.25) is 10.0 Å². The van der Waals surface area contributed by atoms with E-state index in [1.54, 1.807) is 18.2 Å². The van der Waals surface area contributed by atoms with E-state index in [4.69, 9.17) is 14.2 Å².